The van der Waals surface area contributed by atoms with Crippen LogP contribution in [-0.4, -0.2) is 36.4 Å². The van der Waals surface area contributed by atoms with Crippen LogP contribution >= 0.6 is 11.6 Å². The van der Waals surface area contributed by atoms with Gasteiger partial charge in [0.05, 0.1) is 7.11 Å². The van der Waals surface area contributed by atoms with Gasteiger partial charge in [0.1, 0.15) is 5.75 Å². The zero-order chi connectivity index (χ0) is 24.1. The number of aromatic nitrogens is 6. The molecule has 34 heavy (non-hydrogen) atoms. The van der Waals surface area contributed by atoms with Crippen molar-refractivity contribution in [2.45, 2.75) is 58.5 Å². The van der Waals surface area contributed by atoms with Crippen LogP contribution in [0.25, 0.3) is 22.6 Å². The molecule has 0 saturated heterocycles. The van der Waals surface area contributed by atoms with E-state index in [1.165, 1.54) is 9.13 Å². The van der Waals surface area contributed by atoms with Gasteiger partial charge in [-0.1, -0.05) is 24.9 Å². The second-order valence-electron chi connectivity index (χ2n) is 8.03. The first-order valence-electron chi connectivity index (χ1n) is 11.4. The molecule has 0 aliphatic carbocycles. The zero-order valence-corrected chi connectivity index (χ0v) is 20.0. The van der Waals surface area contributed by atoms with Gasteiger partial charge in [-0.15, -0.1) is 0 Å². The molecule has 0 aliphatic rings. The van der Waals surface area contributed by atoms with Crippen molar-refractivity contribution in [2.75, 3.05) is 7.11 Å². The lowest BCUT2D eigenvalue weighted by atomic mass is 10.2. The van der Waals surface area contributed by atoms with E-state index in [0.717, 1.165) is 30.6 Å². The van der Waals surface area contributed by atoms with Crippen molar-refractivity contribution >= 4 is 22.8 Å². The predicted octanol–water partition coefficient (Wildman–Crippen LogP) is 3.81. The van der Waals surface area contributed by atoms with Crippen molar-refractivity contribution in [3.8, 4) is 17.2 Å². The Morgan fingerprint density at radius 3 is 2.50 bits per heavy atom. The van der Waals surface area contributed by atoms with Gasteiger partial charge < -0.3 is 14.2 Å². The van der Waals surface area contributed by atoms with E-state index in [4.69, 9.17) is 20.9 Å². The van der Waals surface area contributed by atoms with Crippen LogP contribution in [0.3, 0.4) is 0 Å². The number of unbranched alkanes of at least 4 members (excludes halogenated alkanes) is 3. The average Bonchev–Trinajstić information content (AvgIpc) is 3.47. The number of nitrogens with zero attached hydrogens (tertiary/aromatic N) is 5. The Labute approximate surface area is 200 Å². The number of hydrogen-bond acceptors (Lipinski definition) is 7. The van der Waals surface area contributed by atoms with Gasteiger partial charge in [0.2, 0.25) is 5.28 Å². The molecule has 0 fully saturated rings. The van der Waals surface area contributed by atoms with Gasteiger partial charge in [-0.25, -0.2) is 4.79 Å². The molecule has 1 aromatic carbocycles. The Bertz CT molecular complexity index is 1370. The molecule has 180 valence electrons. The monoisotopic (exact) mass is 486 g/mol. The van der Waals surface area contributed by atoms with Crippen molar-refractivity contribution in [1.29, 1.82) is 0 Å². The molecule has 3 aromatic heterocycles. The summed E-state index contributed by atoms with van der Waals surface area (Å²) < 4.78 is 13.3. The first-order valence-corrected chi connectivity index (χ1v) is 11.8. The molecule has 4 rings (SSSR count). The molecule has 0 amide bonds. The normalized spacial score (nSPS) is 11.4. The van der Waals surface area contributed by atoms with Gasteiger partial charge in [0.25, 0.3) is 11.4 Å². The van der Waals surface area contributed by atoms with Gasteiger partial charge in [0.15, 0.2) is 17.0 Å². The molecular formula is C23H27ClN6O4. The molecule has 0 radical (unpaired) electrons. The van der Waals surface area contributed by atoms with E-state index in [-0.39, 0.29) is 23.0 Å². The third-order valence-corrected chi connectivity index (χ3v) is 5.83. The topological polar surface area (TPSA) is 121 Å². The number of H-pyrrole nitrogens is 1. The number of imidazole rings is 1. The van der Waals surface area contributed by atoms with Crippen LogP contribution in [0.1, 0.15) is 44.9 Å². The van der Waals surface area contributed by atoms with E-state index in [0.29, 0.717) is 43.2 Å². The number of aromatic amines is 1. The van der Waals surface area contributed by atoms with Gasteiger partial charge in [0, 0.05) is 25.1 Å². The smallest absolute Gasteiger partial charge is 0.332 e. The van der Waals surface area contributed by atoms with Crippen molar-refractivity contribution in [3.63, 3.8) is 0 Å². The zero-order valence-electron chi connectivity index (χ0n) is 19.2. The van der Waals surface area contributed by atoms with Gasteiger partial charge in [-0.3, -0.25) is 13.9 Å². The van der Waals surface area contributed by atoms with Gasteiger partial charge in [-0.05, 0) is 55.1 Å². The molecule has 0 spiro atoms. The molecule has 0 unspecified atom stereocenters. The Morgan fingerprint density at radius 2 is 1.76 bits per heavy atom. The quantitative estimate of drug-likeness (QED) is 0.252. The molecule has 0 saturated carbocycles. The fourth-order valence-corrected chi connectivity index (χ4v) is 3.99. The molecular weight excluding hydrogens is 460 g/mol. The van der Waals surface area contributed by atoms with E-state index < -0.39 is 5.56 Å². The van der Waals surface area contributed by atoms with Crippen LogP contribution in [0.5, 0.6) is 5.75 Å². The number of hydrogen-bond donors (Lipinski definition) is 1. The molecule has 4 aromatic rings. The van der Waals surface area contributed by atoms with E-state index in [2.05, 4.69) is 27.0 Å². The Morgan fingerprint density at radius 1 is 1.03 bits per heavy atom. The molecule has 11 heteroatoms. The number of aryl methyl sites for hydroxylation is 2. The van der Waals surface area contributed by atoms with Crippen LogP contribution in [0.2, 0.25) is 5.28 Å². The van der Waals surface area contributed by atoms with E-state index in [1.54, 1.807) is 7.11 Å². The maximum Gasteiger partial charge on any atom is 0.332 e. The lowest BCUT2D eigenvalue weighted by molar-refractivity contribution is 0.413. The minimum Gasteiger partial charge on any atom is -0.497 e. The fraction of sp³-hybridized carbons (Fsp3) is 0.435. The average molecular weight is 487 g/mol. The Kier molecular flexibility index (Phi) is 7.46. The minimum atomic E-state index is -0.410. The van der Waals surface area contributed by atoms with Crippen LogP contribution in [0.4, 0.5) is 0 Å². The van der Waals surface area contributed by atoms with Crippen LogP contribution < -0.4 is 16.0 Å². The minimum absolute atomic E-state index is 0.0956. The number of halogens is 1. The summed E-state index contributed by atoms with van der Waals surface area (Å²) in [6, 6.07) is 7.36. The third kappa shape index (κ3) is 5.06. The van der Waals surface area contributed by atoms with Gasteiger partial charge >= 0.3 is 5.69 Å². The van der Waals surface area contributed by atoms with Crippen LogP contribution in [-0.2, 0) is 19.5 Å². The van der Waals surface area contributed by atoms with E-state index >= 15 is 0 Å². The van der Waals surface area contributed by atoms with Crippen LogP contribution in [0.15, 0.2) is 38.4 Å². The highest BCUT2D eigenvalue weighted by Crippen LogP contribution is 2.21. The SMILES string of the molecule is CCCCCn1c(=O)n(CCCCc2noc(-c3ccc(OC)cc3)n2)c(=O)c2[nH]c(Cl)nc21. The molecule has 0 aliphatic heterocycles. The second-order valence-corrected chi connectivity index (χ2v) is 8.38. The molecule has 1 N–H and O–H groups in total. The number of nitrogens with one attached hydrogen (secondary N) is 1. The summed E-state index contributed by atoms with van der Waals surface area (Å²) in [5, 5.41) is 4.13. The number of ether oxygens (including phenoxy) is 1. The van der Waals surface area contributed by atoms with E-state index in [1.807, 2.05) is 24.3 Å². The molecule has 0 atom stereocenters. The van der Waals surface area contributed by atoms with Gasteiger partial charge in [-0.2, -0.15) is 9.97 Å². The number of fused-ring (bicyclic) bond motifs is 1. The summed E-state index contributed by atoms with van der Waals surface area (Å²) in [6.07, 6.45) is 4.68. The maximum atomic E-state index is 13.1. The lowest BCUT2D eigenvalue weighted by Crippen LogP contribution is -2.40. The molecule has 0 bridgehead atoms. The first kappa shape index (κ1) is 23.7. The molecule has 10 nitrogen and oxygen atoms in total. The van der Waals surface area contributed by atoms with Crippen molar-refractivity contribution in [3.05, 3.63) is 56.2 Å². The lowest BCUT2D eigenvalue weighted by Gasteiger charge is -2.11. The summed E-state index contributed by atoms with van der Waals surface area (Å²) in [4.78, 5) is 37.3. The highest BCUT2D eigenvalue weighted by molar-refractivity contribution is 6.28. The predicted molar refractivity (Wildman–Crippen MR) is 128 cm³/mol. The van der Waals surface area contributed by atoms with Crippen molar-refractivity contribution in [1.82, 2.24) is 29.2 Å². The number of benzene rings is 1. The number of rotatable bonds is 11. The van der Waals surface area contributed by atoms with Crippen molar-refractivity contribution < 1.29 is 9.26 Å². The maximum absolute atomic E-state index is 13.1. The van der Waals surface area contributed by atoms with E-state index in [9.17, 15) is 9.59 Å². The summed E-state index contributed by atoms with van der Waals surface area (Å²) in [5.74, 6) is 1.76. The largest absolute Gasteiger partial charge is 0.497 e. The summed E-state index contributed by atoms with van der Waals surface area (Å²) in [5.41, 5.74) is 0.598. The standard InChI is InChI=1S/C23H27ClN6O4/c1-3-4-6-13-29-19-18(26-22(24)27-19)21(31)30(23(29)32)14-7-5-8-17-25-20(34-28-17)15-9-11-16(33-2)12-10-15/h9-12H,3-8,13-14H2,1-2H3,(H,26,27). The number of methoxy groups -OCH3 is 1. The van der Waals surface area contributed by atoms with Crippen molar-refractivity contribution in [2.24, 2.45) is 0 Å². The first-order chi connectivity index (χ1) is 16.5. The Balaban J connectivity index is 1.43. The summed E-state index contributed by atoms with van der Waals surface area (Å²) in [6.45, 7) is 2.86. The summed E-state index contributed by atoms with van der Waals surface area (Å²) in [7, 11) is 1.61. The second kappa shape index (κ2) is 10.7. The highest BCUT2D eigenvalue weighted by Gasteiger charge is 2.17. The fourth-order valence-electron chi connectivity index (χ4n) is 3.82. The molecule has 3 heterocycles. The summed E-state index contributed by atoms with van der Waals surface area (Å²) >= 11 is 5.99. The Hall–Kier alpha value is -3.40. The highest BCUT2D eigenvalue weighted by atomic mass is 35.5. The third-order valence-electron chi connectivity index (χ3n) is 5.65. The van der Waals surface area contributed by atoms with Crippen LogP contribution in [0, 0.1) is 0 Å².